The Balaban J connectivity index is 2.06. The number of nitrogens with zero attached hydrogens (tertiary/aromatic N) is 2. The first kappa shape index (κ1) is 17.5. The van der Waals surface area contributed by atoms with Gasteiger partial charge in [-0.05, 0) is 43.7 Å². The highest BCUT2D eigenvalue weighted by atomic mass is 16.7. The Bertz CT molecular complexity index is 738. The van der Waals surface area contributed by atoms with E-state index in [1.807, 2.05) is 18.2 Å². The van der Waals surface area contributed by atoms with E-state index in [9.17, 15) is 9.59 Å². The van der Waals surface area contributed by atoms with Crippen molar-refractivity contribution in [1.29, 1.82) is 0 Å². The number of aromatic nitrogens is 1. The van der Waals surface area contributed by atoms with Crippen LogP contribution in [-0.2, 0) is 14.4 Å². The molecule has 0 atom stereocenters. The predicted molar refractivity (Wildman–Crippen MR) is 93.4 cm³/mol. The highest BCUT2D eigenvalue weighted by molar-refractivity contribution is 5.75. The number of carbonyl (C=O) groups is 2. The third-order valence-electron chi connectivity index (χ3n) is 3.59. The SMILES string of the molecule is CC(=O)ON(C/C=C/c1ccc(-n2c(C)ccc2C)cc1)C(C)=O. The van der Waals surface area contributed by atoms with Crippen molar-refractivity contribution < 1.29 is 14.4 Å². The van der Waals surface area contributed by atoms with Crippen molar-refractivity contribution >= 4 is 18.0 Å². The molecular formula is C19H22N2O3. The number of hydrogen-bond acceptors (Lipinski definition) is 3. The lowest BCUT2D eigenvalue weighted by molar-refractivity contribution is -0.192. The first-order chi connectivity index (χ1) is 11.4. The fourth-order valence-corrected chi connectivity index (χ4v) is 2.48. The van der Waals surface area contributed by atoms with Crippen molar-refractivity contribution in [1.82, 2.24) is 9.63 Å². The van der Waals surface area contributed by atoms with Gasteiger partial charge < -0.3 is 9.40 Å². The van der Waals surface area contributed by atoms with Crippen LogP contribution in [0.4, 0.5) is 0 Å². The zero-order valence-electron chi connectivity index (χ0n) is 14.4. The van der Waals surface area contributed by atoms with Crippen LogP contribution in [0.25, 0.3) is 11.8 Å². The van der Waals surface area contributed by atoms with Gasteiger partial charge in [0.2, 0.25) is 0 Å². The van der Waals surface area contributed by atoms with Gasteiger partial charge in [-0.25, -0.2) is 0 Å². The molecule has 0 aliphatic rings. The second-order valence-electron chi connectivity index (χ2n) is 5.61. The molecule has 5 heteroatoms. The maximum atomic E-state index is 11.4. The zero-order valence-corrected chi connectivity index (χ0v) is 14.4. The molecule has 5 nitrogen and oxygen atoms in total. The van der Waals surface area contributed by atoms with Crippen LogP contribution < -0.4 is 0 Å². The quantitative estimate of drug-likeness (QED) is 0.809. The Hall–Kier alpha value is -2.82. The molecule has 24 heavy (non-hydrogen) atoms. The van der Waals surface area contributed by atoms with Crippen molar-refractivity contribution in [2.45, 2.75) is 27.7 Å². The minimum absolute atomic E-state index is 0.215. The minimum Gasteiger partial charge on any atom is -0.338 e. The lowest BCUT2D eigenvalue weighted by atomic mass is 10.2. The molecule has 0 radical (unpaired) electrons. The van der Waals surface area contributed by atoms with E-state index in [1.165, 1.54) is 25.2 Å². The van der Waals surface area contributed by atoms with Crippen molar-refractivity contribution in [3.8, 4) is 5.69 Å². The molecule has 0 unspecified atom stereocenters. The number of aryl methyl sites for hydroxylation is 2. The number of benzene rings is 1. The van der Waals surface area contributed by atoms with Crippen molar-refractivity contribution in [2.75, 3.05) is 6.54 Å². The Labute approximate surface area is 142 Å². The molecule has 0 bridgehead atoms. The summed E-state index contributed by atoms with van der Waals surface area (Å²) in [4.78, 5) is 27.2. The summed E-state index contributed by atoms with van der Waals surface area (Å²) in [6.45, 7) is 6.99. The van der Waals surface area contributed by atoms with Gasteiger partial charge in [-0.3, -0.25) is 9.59 Å². The Morgan fingerprint density at radius 2 is 1.62 bits per heavy atom. The second-order valence-corrected chi connectivity index (χ2v) is 5.61. The van der Waals surface area contributed by atoms with Gasteiger partial charge in [-0.2, -0.15) is 5.06 Å². The fourth-order valence-electron chi connectivity index (χ4n) is 2.48. The monoisotopic (exact) mass is 326 g/mol. The summed E-state index contributed by atoms with van der Waals surface area (Å²) in [6, 6.07) is 12.3. The Morgan fingerprint density at radius 3 is 2.12 bits per heavy atom. The van der Waals surface area contributed by atoms with Crippen LogP contribution in [0.2, 0.25) is 0 Å². The van der Waals surface area contributed by atoms with Gasteiger partial charge in [0.05, 0.1) is 6.54 Å². The van der Waals surface area contributed by atoms with Crippen molar-refractivity contribution in [2.24, 2.45) is 0 Å². The van der Waals surface area contributed by atoms with E-state index in [-0.39, 0.29) is 12.5 Å². The van der Waals surface area contributed by atoms with E-state index in [0.29, 0.717) is 0 Å². The fraction of sp³-hybridized carbons (Fsp3) is 0.263. The average molecular weight is 326 g/mol. The highest BCUT2D eigenvalue weighted by Crippen LogP contribution is 2.17. The molecule has 2 aromatic rings. The lowest BCUT2D eigenvalue weighted by Crippen LogP contribution is -2.30. The molecule has 0 spiro atoms. The van der Waals surface area contributed by atoms with Gasteiger partial charge in [-0.1, -0.05) is 24.3 Å². The molecule has 1 amide bonds. The molecule has 0 aliphatic carbocycles. The predicted octanol–water partition coefficient (Wildman–Crippen LogP) is 3.43. The number of rotatable bonds is 4. The first-order valence-electron chi connectivity index (χ1n) is 7.77. The smallest absolute Gasteiger partial charge is 0.329 e. The van der Waals surface area contributed by atoms with E-state index in [1.54, 1.807) is 6.08 Å². The van der Waals surface area contributed by atoms with Crippen LogP contribution in [0.1, 0.15) is 30.8 Å². The number of carbonyl (C=O) groups excluding carboxylic acids is 2. The standard InChI is InChI=1S/C19H22N2O3/c1-14-7-8-15(2)21(14)19-11-9-18(10-12-19)6-5-13-20(16(3)22)24-17(4)23/h5-12H,13H2,1-4H3/b6-5+. The van der Waals surface area contributed by atoms with Crippen molar-refractivity contribution in [3.05, 3.63) is 59.4 Å². The molecule has 2 rings (SSSR count). The first-order valence-corrected chi connectivity index (χ1v) is 7.77. The van der Waals surface area contributed by atoms with Gasteiger partial charge in [0.25, 0.3) is 5.91 Å². The van der Waals surface area contributed by atoms with E-state index < -0.39 is 5.97 Å². The van der Waals surface area contributed by atoms with Crippen LogP contribution in [0.5, 0.6) is 0 Å². The summed E-state index contributed by atoms with van der Waals surface area (Å²) >= 11 is 0. The Kier molecular flexibility index (Phi) is 5.58. The van der Waals surface area contributed by atoms with E-state index >= 15 is 0 Å². The third-order valence-corrected chi connectivity index (χ3v) is 3.59. The number of amides is 1. The molecule has 1 heterocycles. The molecule has 0 aliphatic heterocycles. The minimum atomic E-state index is -0.514. The van der Waals surface area contributed by atoms with E-state index in [2.05, 4.69) is 42.7 Å². The third kappa shape index (κ3) is 4.35. The zero-order chi connectivity index (χ0) is 17.7. The highest BCUT2D eigenvalue weighted by Gasteiger charge is 2.09. The van der Waals surface area contributed by atoms with Crippen LogP contribution in [0.15, 0.2) is 42.5 Å². The number of hydrogen-bond donors (Lipinski definition) is 0. The molecule has 1 aromatic heterocycles. The van der Waals surface area contributed by atoms with Gasteiger partial charge in [0, 0.05) is 30.9 Å². The molecule has 0 N–H and O–H groups in total. The van der Waals surface area contributed by atoms with Crippen LogP contribution in [0, 0.1) is 13.8 Å². The van der Waals surface area contributed by atoms with Crippen LogP contribution in [0.3, 0.4) is 0 Å². The van der Waals surface area contributed by atoms with Gasteiger partial charge in [-0.15, -0.1) is 0 Å². The number of hydroxylamine groups is 2. The lowest BCUT2D eigenvalue weighted by Gasteiger charge is -2.16. The van der Waals surface area contributed by atoms with Gasteiger partial charge >= 0.3 is 5.97 Å². The molecule has 0 fully saturated rings. The molecular weight excluding hydrogens is 304 g/mol. The summed E-state index contributed by atoms with van der Waals surface area (Å²) in [7, 11) is 0. The molecule has 0 saturated heterocycles. The summed E-state index contributed by atoms with van der Waals surface area (Å²) in [5, 5.41) is 1.03. The maximum Gasteiger partial charge on any atom is 0.329 e. The van der Waals surface area contributed by atoms with Gasteiger partial charge in [0.15, 0.2) is 0 Å². The average Bonchev–Trinajstić information content (AvgIpc) is 2.85. The molecule has 126 valence electrons. The summed E-state index contributed by atoms with van der Waals surface area (Å²) in [5.41, 5.74) is 4.49. The van der Waals surface area contributed by atoms with Crippen LogP contribution in [-0.4, -0.2) is 28.1 Å². The molecule has 1 aromatic carbocycles. The van der Waals surface area contributed by atoms with Gasteiger partial charge in [0.1, 0.15) is 0 Å². The van der Waals surface area contributed by atoms with Crippen molar-refractivity contribution in [3.63, 3.8) is 0 Å². The van der Waals surface area contributed by atoms with E-state index in [0.717, 1.165) is 16.3 Å². The summed E-state index contributed by atoms with van der Waals surface area (Å²) in [5.74, 6) is -0.829. The molecule has 0 saturated carbocycles. The Morgan fingerprint density at radius 1 is 1.04 bits per heavy atom. The van der Waals surface area contributed by atoms with Crippen LogP contribution >= 0.6 is 0 Å². The van der Waals surface area contributed by atoms with E-state index in [4.69, 9.17) is 4.84 Å². The maximum absolute atomic E-state index is 11.4. The topological polar surface area (TPSA) is 51.5 Å². The second kappa shape index (κ2) is 7.64. The summed E-state index contributed by atoms with van der Waals surface area (Å²) < 4.78 is 2.19. The normalized spacial score (nSPS) is 10.8. The largest absolute Gasteiger partial charge is 0.338 e. The summed E-state index contributed by atoms with van der Waals surface area (Å²) in [6.07, 6.45) is 3.67.